The topological polar surface area (TPSA) is 122 Å². The van der Waals surface area contributed by atoms with Crippen molar-refractivity contribution >= 4 is 40.9 Å². The summed E-state index contributed by atoms with van der Waals surface area (Å²) in [4.78, 5) is 53.5. The van der Waals surface area contributed by atoms with E-state index in [1.165, 1.54) is 4.90 Å². The molecule has 2 saturated heterocycles. The summed E-state index contributed by atoms with van der Waals surface area (Å²) < 4.78 is 0. The van der Waals surface area contributed by atoms with Gasteiger partial charge in [0.1, 0.15) is 5.54 Å². The Kier molecular flexibility index (Phi) is 5.02. The lowest BCUT2D eigenvalue weighted by Crippen LogP contribution is -2.53. The maximum absolute atomic E-state index is 13.7. The summed E-state index contributed by atoms with van der Waals surface area (Å²) in [7, 11) is 0. The van der Waals surface area contributed by atoms with Gasteiger partial charge in [-0.25, -0.2) is 0 Å². The highest BCUT2D eigenvalue weighted by molar-refractivity contribution is 6.32. The van der Waals surface area contributed by atoms with Crippen LogP contribution >= 0.6 is 11.6 Å². The van der Waals surface area contributed by atoms with Crippen LogP contribution in [0, 0.1) is 18.8 Å². The second kappa shape index (κ2) is 7.67. The lowest BCUT2D eigenvalue weighted by Gasteiger charge is -2.29. The third kappa shape index (κ3) is 3.08. The van der Waals surface area contributed by atoms with Crippen molar-refractivity contribution in [1.29, 1.82) is 0 Å². The van der Waals surface area contributed by atoms with Gasteiger partial charge in [-0.15, -0.1) is 0 Å². The average molecular weight is 467 g/mol. The molecule has 5 rings (SSSR count). The molecule has 33 heavy (non-hydrogen) atoms. The molecule has 4 N–H and O–H groups in total. The monoisotopic (exact) mass is 466 g/mol. The molecule has 3 aliphatic heterocycles. The zero-order valence-corrected chi connectivity index (χ0v) is 18.7. The maximum atomic E-state index is 13.7. The third-order valence-corrected chi connectivity index (χ3v) is 7.47. The van der Waals surface area contributed by atoms with Crippen LogP contribution in [-0.4, -0.2) is 34.6 Å². The SMILES string of the molecule is Cc1c(Cl)ccc2c1NC(=O)[C@@]21N[C@H](CCC(N)=O)[C@H]2C(=O)N(Cc3ccccc3)C(=O)[C@H]21. The summed E-state index contributed by atoms with van der Waals surface area (Å²) >= 11 is 6.27. The number of anilines is 1. The Labute approximate surface area is 195 Å². The highest BCUT2D eigenvalue weighted by Crippen LogP contribution is 2.54. The van der Waals surface area contributed by atoms with Crippen LogP contribution in [-0.2, 0) is 31.3 Å². The van der Waals surface area contributed by atoms with Gasteiger partial charge < -0.3 is 11.1 Å². The van der Waals surface area contributed by atoms with Crippen molar-refractivity contribution in [2.45, 2.75) is 37.9 Å². The van der Waals surface area contributed by atoms with E-state index in [-0.39, 0.29) is 25.3 Å². The van der Waals surface area contributed by atoms with Gasteiger partial charge >= 0.3 is 0 Å². The van der Waals surface area contributed by atoms with Crippen LogP contribution in [0.4, 0.5) is 5.69 Å². The van der Waals surface area contributed by atoms with Crippen LogP contribution in [0.2, 0.25) is 5.02 Å². The number of likely N-dealkylation sites (tertiary alicyclic amines) is 1. The summed E-state index contributed by atoms with van der Waals surface area (Å²) in [5.74, 6) is -3.38. The summed E-state index contributed by atoms with van der Waals surface area (Å²) in [5, 5.41) is 6.66. The summed E-state index contributed by atoms with van der Waals surface area (Å²) in [6.07, 6.45) is 0.275. The molecule has 1 spiro atoms. The molecule has 9 heteroatoms. The second-order valence-corrected chi connectivity index (χ2v) is 9.27. The van der Waals surface area contributed by atoms with E-state index in [1.807, 2.05) is 30.3 Å². The summed E-state index contributed by atoms with van der Waals surface area (Å²) in [5.41, 5.74) is 6.59. The molecular formula is C24H23ClN4O4. The molecule has 0 aromatic heterocycles. The van der Waals surface area contributed by atoms with Gasteiger partial charge in [-0.2, -0.15) is 0 Å². The third-order valence-electron chi connectivity index (χ3n) is 7.06. The first kappa shape index (κ1) is 21.6. The molecule has 0 radical (unpaired) electrons. The molecule has 2 aromatic carbocycles. The first-order chi connectivity index (χ1) is 15.8. The Bertz CT molecular complexity index is 1200. The fourth-order valence-corrected chi connectivity index (χ4v) is 5.67. The van der Waals surface area contributed by atoms with Gasteiger partial charge in [-0.3, -0.25) is 29.4 Å². The van der Waals surface area contributed by atoms with Crippen LogP contribution in [0.15, 0.2) is 42.5 Å². The summed E-state index contributed by atoms with van der Waals surface area (Å²) in [6.45, 7) is 1.92. The molecule has 2 aromatic rings. The molecule has 0 unspecified atom stereocenters. The Morgan fingerprint density at radius 2 is 1.85 bits per heavy atom. The number of rotatable bonds is 5. The Morgan fingerprint density at radius 3 is 2.55 bits per heavy atom. The van der Waals surface area contributed by atoms with E-state index in [0.29, 0.717) is 21.8 Å². The molecule has 3 aliphatic rings. The Balaban J connectivity index is 1.61. The number of halogens is 1. The number of nitrogens with one attached hydrogen (secondary N) is 2. The van der Waals surface area contributed by atoms with Crippen molar-refractivity contribution in [3.05, 3.63) is 64.2 Å². The van der Waals surface area contributed by atoms with E-state index in [1.54, 1.807) is 19.1 Å². The predicted molar refractivity (Wildman–Crippen MR) is 121 cm³/mol. The van der Waals surface area contributed by atoms with Gasteiger partial charge in [0.2, 0.25) is 23.6 Å². The minimum absolute atomic E-state index is 0.0330. The number of nitrogens with zero attached hydrogens (tertiary/aromatic N) is 1. The van der Waals surface area contributed by atoms with Crippen molar-refractivity contribution in [2.75, 3.05) is 5.32 Å². The molecule has 3 heterocycles. The average Bonchev–Trinajstić information content (AvgIpc) is 3.37. The number of primary amides is 1. The highest BCUT2D eigenvalue weighted by Gasteiger charge is 2.70. The van der Waals surface area contributed by atoms with Crippen molar-refractivity contribution in [3.8, 4) is 0 Å². The van der Waals surface area contributed by atoms with E-state index in [2.05, 4.69) is 10.6 Å². The number of hydrogen-bond donors (Lipinski definition) is 3. The van der Waals surface area contributed by atoms with E-state index >= 15 is 0 Å². The number of carbonyl (C=O) groups is 4. The van der Waals surface area contributed by atoms with E-state index in [9.17, 15) is 19.2 Å². The summed E-state index contributed by atoms with van der Waals surface area (Å²) in [6, 6.07) is 12.1. The van der Waals surface area contributed by atoms with Gasteiger partial charge in [-0.1, -0.05) is 48.0 Å². The quantitative estimate of drug-likeness (QED) is 0.580. The van der Waals surface area contributed by atoms with Crippen molar-refractivity contribution in [3.63, 3.8) is 0 Å². The molecular weight excluding hydrogens is 444 g/mol. The van der Waals surface area contributed by atoms with E-state index in [0.717, 1.165) is 5.56 Å². The second-order valence-electron chi connectivity index (χ2n) is 8.86. The van der Waals surface area contributed by atoms with E-state index < -0.39 is 41.1 Å². The van der Waals surface area contributed by atoms with Crippen molar-refractivity contribution < 1.29 is 19.2 Å². The van der Waals surface area contributed by atoms with Gasteiger partial charge in [-0.05, 0) is 30.5 Å². The first-order valence-electron chi connectivity index (χ1n) is 10.8. The smallest absolute Gasteiger partial charge is 0.250 e. The molecule has 2 fully saturated rings. The Hall–Kier alpha value is -3.23. The van der Waals surface area contributed by atoms with Crippen LogP contribution < -0.4 is 16.4 Å². The zero-order valence-electron chi connectivity index (χ0n) is 17.9. The Morgan fingerprint density at radius 1 is 1.12 bits per heavy atom. The predicted octanol–water partition coefficient (Wildman–Crippen LogP) is 1.83. The number of carbonyl (C=O) groups excluding carboxylic acids is 4. The standard InChI is InChI=1S/C24H23ClN4O4/c1-12-15(25)8-7-14-20(12)27-23(33)24(14)19-18(16(28-24)9-10-17(26)30)21(31)29(22(19)32)11-13-5-3-2-4-6-13/h2-8,16,18-19,28H,9-11H2,1H3,(H2,26,30)(H,27,33)/t16-,18-,19+,24-/m1/s1. The molecule has 4 atom stereocenters. The fraction of sp³-hybridized carbons (Fsp3) is 0.333. The van der Waals surface area contributed by atoms with Gasteiger partial charge in [0.05, 0.1) is 24.1 Å². The van der Waals surface area contributed by atoms with Crippen LogP contribution in [0.5, 0.6) is 0 Å². The number of benzene rings is 2. The van der Waals surface area contributed by atoms with Gasteiger partial charge in [0, 0.05) is 23.0 Å². The van der Waals surface area contributed by atoms with Crippen LogP contribution in [0.3, 0.4) is 0 Å². The number of amides is 4. The molecule has 8 nitrogen and oxygen atoms in total. The number of fused-ring (bicyclic) bond motifs is 4. The minimum atomic E-state index is -1.42. The van der Waals surface area contributed by atoms with Gasteiger partial charge in [0.25, 0.3) is 0 Å². The van der Waals surface area contributed by atoms with Crippen LogP contribution in [0.25, 0.3) is 0 Å². The van der Waals surface area contributed by atoms with Crippen LogP contribution in [0.1, 0.15) is 29.5 Å². The maximum Gasteiger partial charge on any atom is 0.250 e. The van der Waals surface area contributed by atoms with E-state index in [4.69, 9.17) is 17.3 Å². The molecule has 0 bridgehead atoms. The molecule has 4 amide bonds. The van der Waals surface area contributed by atoms with Crippen molar-refractivity contribution in [2.24, 2.45) is 17.6 Å². The number of nitrogens with two attached hydrogens (primary N) is 1. The largest absolute Gasteiger partial charge is 0.370 e. The lowest BCUT2D eigenvalue weighted by molar-refractivity contribution is -0.143. The number of hydrogen-bond acceptors (Lipinski definition) is 5. The van der Waals surface area contributed by atoms with Gasteiger partial charge in [0.15, 0.2) is 0 Å². The highest BCUT2D eigenvalue weighted by atomic mass is 35.5. The van der Waals surface area contributed by atoms with Crippen molar-refractivity contribution in [1.82, 2.24) is 10.2 Å². The minimum Gasteiger partial charge on any atom is -0.370 e. The normalized spacial score (nSPS) is 27.8. The molecule has 0 aliphatic carbocycles. The molecule has 170 valence electrons. The lowest BCUT2D eigenvalue weighted by atomic mass is 9.76. The zero-order chi connectivity index (χ0) is 23.5. The first-order valence-corrected chi connectivity index (χ1v) is 11.2. The fourth-order valence-electron chi connectivity index (χ4n) is 5.52. The molecule has 0 saturated carbocycles. The number of imide groups is 1.